The maximum atomic E-state index is 14.0. The number of rotatable bonds is 5. The van der Waals surface area contributed by atoms with Crippen molar-refractivity contribution in [3.8, 4) is 11.1 Å². The van der Waals surface area contributed by atoms with Crippen molar-refractivity contribution in [2.75, 3.05) is 13.7 Å². The van der Waals surface area contributed by atoms with Gasteiger partial charge in [0.25, 0.3) is 0 Å². The maximum absolute atomic E-state index is 14.0. The van der Waals surface area contributed by atoms with E-state index in [1.807, 2.05) is 31.2 Å². The first-order valence-corrected chi connectivity index (χ1v) is 6.64. The summed E-state index contributed by atoms with van der Waals surface area (Å²) >= 11 is 0. The molecule has 0 atom stereocenters. The number of aliphatic hydroxyl groups excluding tert-OH is 1. The van der Waals surface area contributed by atoms with Gasteiger partial charge in [-0.2, -0.15) is 0 Å². The molecule has 0 radical (unpaired) electrons. The molecule has 2 rings (SSSR count). The van der Waals surface area contributed by atoms with Crippen LogP contribution in [0.5, 0.6) is 0 Å². The van der Waals surface area contributed by atoms with Crippen molar-refractivity contribution in [2.45, 2.75) is 20.0 Å². The van der Waals surface area contributed by atoms with E-state index in [2.05, 4.69) is 0 Å². The summed E-state index contributed by atoms with van der Waals surface area (Å²) in [5.41, 5.74) is 4.16. The van der Waals surface area contributed by atoms with E-state index in [1.165, 1.54) is 6.07 Å². The molecule has 2 aromatic rings. The molecular weight excluding hydrogens is 255 g/mol. The smallest absolute Gasteiger partial charge is 0.131 e. The predicted octanol–water partition coefficient (Wildman–Crippen LogP) is 3.48. The van der Waals surface area contributed by atoms with Crippen molar-refractivity contribution in [3.63, 3.8) is 0 Å². The summed E-state index contributed by atoms with van der Waals surface area (Å²) in [4.78, 5) is 0. The van der Waals surface area contributed by atoms with E-state index < -0.39 is 0 Å². The van der Waals surface area contributed by atoms with Crippen LogP contribution in [0.2, 0.25) is 0 Å². The minimum atomic E-state index is -0.223. The minimum absolute atomic E-state index is 0.0181. The van der Waals surface area contributed by atoms with Crippen molar-refractivity contribution in [3.05, 3.63) is 58.9 Å². The second kappa shape index (κ2) is 6.64. The second-order valence-corrected chi connectivity index (χ2v) is 4.87. The quantitative estimate of drug-likeness (QED) is 0.904. The average molecular weight is 274 g/mol. The molecule has 0 aromatic heterocycles. The third kappa shape index (κ3) is 3.24. The van der Waals surface area contributed by atoms with E-state index in [1.54, 1.807) is 13.2 Å². The molecule has 0 saturated carbocycles. The molecule has 0 heterocycles. The highest BCUT2D eigenvalue weighted by Crippen LogP contribution is 2.26. The lowest BCUT2D eigenvalue weighted by Gasteiger charge is -2.11. The van der Waals surface area contributed by atoms with E-state index in [0.29, 0.717) is 18.6 Å². The molecule has 20 heavy (non-hydrogen) atoms. The second-order valence-electron chi connectivity index (χ2n) is 4.87. The predicted molar refractivity (Wildman–Crippen MR) is 78.1 cm³/mol. The SMILES string of the molecule is COCCc1cc(-c2ccc(C)cc2F)ccc1CO. The summed E-state index contributed by atoms with van der Waals surface area (Å²) in [5.74, 6) is -0.223. The minimum Gasteiger partial charge on any atom is -0.392 e. The number of ether oxygens (including phenoxy) is 1. The average Bonchev–Trinajstić information content (AvgIpc) is 2.45. The Bertz CT molecular complexity index is 594. The lowest BCUT2D eigenvalue weighted by atomic mass is 9.97. The zero-order valence-electron chi connectivity index (χ0n) is 11.8. The zero-order chi connectivity index (χ0) is 14.5. The fraction of sp³-hybridized carbons (Fsp3) is 0.294. The Morgan fingerprint density at radius 2 is 1.90 bits per heavy atom. The fourth-order valence-corrected chi connectivity index (χ4v) is 2.25. The molecule has 0 fully saturated rings. The summed E-state index contributed by atoms with van der Waals surface area (Å²) in [6, 6.07) is 10.8. The normalized spacial score (nSPS) is 10.8. The molecule has 2 aromatic carbocycles. The first-order valence-electron chi connectivity index (χ1n) is 6.64. The molecule has 0 aliphatic heterocycles. The van der Waals surface area contributed by atoms with Gasteiger partial charge < -0.3 is 9.84 Å². The van der Waals surface area contributed by atoms with Gasteiger partial charge in [0, 0.05) is 12.7 Å². The molecule has 1 N–H and O–H groups in total. The molecule has 0 aliphatic rings. The van der Waals surface area contributed by atoms with Gasteiger partial charge in [-0.15, -0.1) is 0 Å². The molecule has 0 aliphatic carbocycles. The van der Waals surface area contributed by atoms with Gasteiger partial charge in [0.2, 0.25) is 0 Å². The van der Waals surface area contributed by atoms with Crippen molar-refractivity contribution >= 4 is 0 Å². The van der Waals surface area contributed by atoms with E-state index in [-0.39, 0.29) is 12.4 Å². The van der Waals surface area contributed by atoms with E-state index in [9.17, 15) is 9.50 Å². The Balaban J connectivity index is 2.41. The number of halogens is 1. The van der Waals surface area contributed by atoms with Crippen LogP contribution in [0, 0.1) is 12.7 Å². The van der Waals surface area contributed by atoms with Crippen molar-refractivity contribution in [1.82, 2.24) is 0 Å². The highest BCUT2D eigenvalue weighted by Gasteiger charge is 2.09. The standard InChI is InChI=1S/C17H19FO2/c1-12-3-6-16(17(18)9-12)14-4-5-15(11-19)13(10-14)7-8-20-2/h3-6,9-10,19H,7-8,11H2,1-2H3. The molecule has 0 unspecified atom stereocenters. The van der Waals surface area contributed by atoms with Gasteiger partial charge in [0.15, 0.2) is 0 Å². The van der Waals surface area contributed by atoms with Crippen LogP contribution < -0.4 is 0 Å². The van der Waals surface area contributed by atoms with Gasteiger partial charge in [0.1, 0.15) is 5.82 Å². The summed E-state index contributed by atoms with van der Waals surface area (Å²) in [5, 5.41) is 9.36. The molecule has 2 nitrogen and oxygen atoms in total. The van der Waals surface area contributed by atoms with Crippen LogP contribution >= 0.6 is 0 Å². The molecule has 3 heteroatoms. The summed E-state index contributed by atoms with van der Waals surface area (Å²) in [6.45, 7) is 2.42. The topological polar surface area (TPSA) is 29.5 Å². The number of aryl methyl sites for hydroxylation is 1. The van der Waals surface area contributed by atoms with Crippen molar-refractivity contribution in [2.24, 2.45) is 0 Å². The summed E-state index contributed by atoms with van der Waals surface area (Å²) in [7, 11) is 1.64. The highest BCUT2D eigenvalue weighted by molar-refractivity contribution is 5.66. The Hall–Kier alpha value is -1.71. The molecule has 0 bridgehead atoms. The maximum Gasteiger partial charge on any atom is 0.131 e. The van der Waals surface area contributed by atoms with Gasteiger partial charge in [0.05, 0.1) is 13.2 Å². The first-order chi connectivity index (χ1) is 9.65. The van der Waals surface area contributed by atoms with Crippen LogP contribution in [0.25, 0.3) is 11.1 Å². The van der Waals surface area contributed by atoms with Gasteiger partial charge in [-0.3, -0.25) is 0 Å². The van der Waals surface area contributed by atoms with E-state index >= 15 is 0 Å². The van der Waals surface area contributed by atoms with Crippen LogP contribution in [0.15, 0.2) is 36.4 Å². The number of aliphatic hydroxyl groups is 1. The first kappa shape index (κ1) is 14.7. The fourth-order valence-electron chi connectivity index (χ4n) is 2.25. The molecule has 0 saturated heterocycles. The van der Waals surface area contributed by atoms with Gasteiger partial charge in [-0.1, -0.05) is 30.3 Å². The Labute approximate surface area is 118 Å². The Morgan fingerprint density at radius 3 is 2.55 bits per heavy atom. The van der Waals surface area contributed by atoms with Crippen LogP contribution in [0.3, 0.4) is 0 Å². The molecule has 106 valence electrons. The van der Waals surface area contributed by atoms with Gasteiger partial charge in [-0.25, -0.2) is 4.39 Å². The largest absolute Gasteiger partial charge is 0.392 e. The van der Waals surface area contributed by atoms with Gasteiger partial charge >= 0.3 is 0 Å². The summed E-state index contributed by atoms with van der Waals surface area (Å²) < 4.78 is 19.1. The Kier molecular flexibility index (Phi) is 4.88. The number of hydrogen-bond acceptors (Lipinski definition) is 2. The van der Waals surface area contributed by atoms with Gasteiger partial charge in [-0.05, 0) is 41.7 Å². The highest BCUT2D eigenvalue weighted by atomic mass is 19.1. The van der Waals surface area contributed by atoms with Crippen LogP contribution in [-0.2, 0) is 17.8 Å². The van der Waals surface area contributed by atoms with Crippen LogP contribution in [0.4, 0.5) is 4.39 Å². The van der Waals surface area contributed by atoms with Crippen molar-refractivity contribution in [1.29, 1.82) is 0 Å². The van der Waals surface area contributed by atoms with Crippen LogP contribution in [0.1, 0.15) is 16.7 Å². The zero-order valence-corrected chi connectivity index (χ0v) is 11.8. The lowest BCUT2D eigenvalue weighted by molar-refractivity contribution is 0.201. The molecule has 0 spiro atoms. The third-order valence-corrected chi connectivity index (χ3v) is 3.39. The third-order valence-electron chi connectivity index (χ3n) is 3.39. The monoisotopic (exact) mass is 274 g/mol. The van der Waals surface area contributed by atoms with E-state index in [4.69, 9.17) is 4.74 Å². The number of hydrogen-bond donors (Lipinski definition) is 1. The summed E-state index contributed by atoms with van der Waals surface area (Å²) in [6.07, 6.45) is 0.702. The lowest BCUT2D eigenvalue weighted by Crippen LogP contribution is -2.00. The number of benzene rings is 2. The van der Waals surface area contributed by atoms with Crippen molar-refractivity contribution < 1.29 is 14.2 Å². The van der Waals surface area contributed by atoms with E-state index in [0.717, 1.165) is 22.3 Å². The number of methoxy groups -OCH3 is 1. The Morgan fingerprint density at radius 1 is 1.10 bits per heavy atom. The van der Waals surface area contributed by atoms with Crippen LogP contribution in [-0.4, -0.2) is 18.8 Å². The molecule has 0 amide bonds. The molecular formula is C17H19FO2.